The molecule has 1 fully saturated rings. The van der Waals surface area contributed by atoms with Gasteiger partial charge in [0.25, 0.3) is 0 Å². The van der Waals surface area contributed by atoms with Crippen LogP contribution in [0, 0.1) is 0 Å². The van der Waals surface area contributed by atoms with E-state index in [1.807, 2.05) is 6.07 Å². The molecule has 0 saturated heterocycles. The summed E-state index contributed by atoms with van der Waals surface area (Å²) in [4.78, 5) is 4.00. The number of pyridine rings is 1. The molecule has 1 saturated carbocycles. The van der Waals surface area contributed by atoms with Crippen molar-refractivity contribution in [2.45, 2.75) is 18.4 Å². The zero-order valence-electron chi connectivity index (χ0n) is 7.26. The molecule has 4 heteroatoms. The fourth-order valence-electron chi connectivity index (χ4n) is 1.29. The van der Waals surface area contributed by atoms with Gasteiger partial charge < -0.3 is 11.1 Å². The van der Waals surface area contributed by atoms with Gasteiger partial charge in [0.05, 0.1) is 10.2 Å². The summed E-state index contributed by atoms with van der Waals surface area (Å²) in [6.07, 6.45) is 5.89. The minimum atomic E-state index is 0.157. The predicted molar refractivity (Wildman–Crippen MR) is 56.6 cm³/mol. The van der Waals surface area contributed by atoms with Gasteiger partial charge in [0.1, 0.15) is 0 Å². The van der Waals surface area contributed by atoms with Crippen molar-refractivity contribution in [1.82, 2.24) is 4.98 Å². The quantitative estimate of drug-likeness (QED) is 0.848. The summed E-state index contributed by atoms with van der Waals surface area (Å²) in [6.45, 7) is 0.696. The number of nitrogens with zero attached hydrogens (tertiary/aromatic N) is 1. The average Bonchev–Trinajstić information content (AvgIpc) is 2.90. The largest absolute Gasteiger partial charge is 0.377 e. The first-order chi connectivity index (χ1) is 6.26. The molecule has 1 aromatic rings. The standard InChI is InChI=1S/C9H12BrN3/c10-7-5-12-4-1-8(7)13-9(6-11)2-3-9/h1,4-5H,2-3,6,11H2,(H,12,13). The molecule has 0 radical (unpaired) electrons. The highest BCUT2D eigenvalue weighted by Crippen LogP contribution is 2.39. The van der Waals surface area contributed by atoms with Gasteiger partial charge in [0, 0.05) is 24.5 Å². The Kier molecular flexibility index (Phi) is 2.26. The molecular weight excluding hydrogens is 230 g/mol. The first-order valence-electron chi connectivity index (χ1n) is 4.33. The van der Waals surface area contributed by atoms with Gasteiger partial charge in [-0.05, 0) is 34.8 Å². The molecule has 0 amide bonds. The number of rotatable bonds is 3. The van der Waals surface area contributed by atoms with E-state index in [4.69, 9.17) is 5.73 Å². The lowest BCUT2D eigenvalue weighted by atomic mass is 10.2. The van der Waals surface area contributed by atoms with Crippen molar-refractivity contribution in [2.24, 2.45) is 5.73 Å². The van der Waals surface area contributed by atoms with Gasteiger partial charge >= 0.3 is 0 Å². The normalized spacial score (nSPS) is 18.3. The SMILES string of the molecule is NCC1(Nc2ccncc2Br)CC1. The molecule has 1 aliphatic carbocycles. The second kappa shape index (κ2) is 3.27. The zero-order chi connectivity index (χ0) is 9.31. The molecule has 0 bridgehead atoms. The first-order valence-corrected chi connectivity index (χ1v) is 5.13. The maximum absolute atomic E-state index is 5.67. The third kappa shape index (κ3) is 1.84. The molecule has 0 aliphatic heterocycles. The Morgan fingerprint density at radius 1 is 1.62 bits per heavy atom. The van der Waals surface area contributed by atoms with Crippen LogP contribution in [0.15, 0.2) is 22.9 Å². The van der Waals surface area contributed by atoms with Gasteiger partial charge in [-0.25, -0.2) is 0 Å². The Balaban J connectivity index is 2.14. The van der Waals surface area contributed by atoms with Crippen LogP contribution in [0.4, 0.5) is 5.69 Å². The second-order valence-electron chi connectivity index (χ2n) is 3.46. The lowest BCUT2D eigenvalue weighted by Gasteiger charge is -2.17. The molecule has 13 heavy (non-hydrogen) atoms. The fraction of sp³-hybridized carbons (Fsp3) is 0.444. The van der Waals surface area contributed by atoms with E-state index in [0.29, 0.717) is 6.54 Å². The predicted octanol–water partition coefficient (Wildman–Crippen LogP) is 1.75. The Morgan fingerprint density at radius 3 is 2.92 bits per heavy atom. The molecule has 0 aromatic carbocycles. The van der Waals surface area contributed by atoms with Gasteiger partial charge in [-0.1, -0.05) is 0 Å². The van der Waals surface area contributed by atoms with E-state index in [1.54, 1.807) is 12.4 Å². The molecule has 3 nitrogen and oxygen atoms in total. The number of hydrogen-bond donors (Lipinski definition) is 2. The maximum atomic E-state index is 5.67. The summed E-state index contributed by atoms with van der Waals surface area (Å²) < 4.78 is 0.995. The Hall–Kier alpha value is -0.610. The Bertz CT molecular complexity index is 309. The van der Waals surface area contributed by atoms with Crippen molar-refractivity contribution < 1.29 is 0 Å². The minimum absolute atomic E-state index is 0.157. The summed E-state index contributed by atoms with van der Waals surface area (Å²) in [5.41, 5.74) is 6.91. The summed E-state index contributed by atoms with van der Waals surface area (Å²) in [6, 6.07) is 1.96. The van der Waals surface area contributed by atoms with Gasteiger partial charge in [0.2, 0.25) is 0 Å². The monoisotopic (exact) mass is 241 g/mol. The molecular formula is C9H12BrN3. The Morgan fingerprint density at radius 2 is 2.38 bits per heavy atom. The number of nitrogens with one attached hydrogen (secondary N) is 1. The van der Waals surface area contributed by atoms with Crippen molar-refractivity contribution in [3.8, 4) is 0 Å². The third-order valence-electron chi connectivity index (χ3n) is 2.42. The van der Waals surface area contributed by atoms with Crippen LogP contribution in [0.3, 0.4) is 0 Å². The van der Waals surface area contributed by atoms with Gasteiger partial charge in [-0.15, -0.1) is 0 Å². The molecule has 0 spiro atoms. The zero-order valence-corrected chi connectivity index (χ0v) is 8.84. The van der Waals surface area contributed by atoms with Crippen LogP contribution in [0.1, 0.15) is 12.8 Å². The van der Waals surface area contributed by atoms with E-state index in [-0.39, 0.29) is 5.54 Å². The Labute approximate surface area is 85.9 Å². The summed E-state index contributed by atoms with van der Waals surface area (Å²) >= 11 is 3.44. The van der Waals surface area contributed by atoms with E-state index in [9.17, 15) is 0 Å². The second-order valence-corrected chi connectivity index (χ2v) is 4.32. The number of hydrogen-bond acceptors (Lipinski definition) is 3. The van der Waals surface area contributed by atoms with Crippen molar-refractivity contribution in [1.29, 1.82) is 0 Å². The lowest BCUT2D eigenvalue weighted by molar-refractivity contribution is 0.741. The molecule has 70 valence electrons. The number of anilines is 1. The summed E-state index contributed by atoms with van der Waals surface area (Å²) in [5, 5.41) is 3.44. The molecule has 1 aromatic heterocycles. The van der Waals surface area contributed by atoms with E-state index in [0.717, 1.165) is 23.0 Å². The highest BCUT2D eigenvalue weighted by molar-refractivity contribution is 9.10. The van der Waals surface area contributed by atoms with Crippen molar-refractivity contribution in [3.63, 3.8) is 0 Å². The minimum Gasteiger partial charge on any atom is -0.377 e. The van der Waals surface area contributed by atoms with Crippen LogP contribution in [0.25, 0.3) is 0 Å². The van der Waals surface area contributed by atoms with E-state index >= 15 is 0 Å². The molecule has 3 N–H and O–H groups in total. The number of nitrogens with two attached hydrogens (primary N) is 1. The van der Waals surface area contributed by atoms with Crippen LogP contribution < -0.4 is 11.1 Å². The highest BCUT2D eigenvalue weighted by Gasteiger charge is 2.41. The van der Waals surface area contributed by atoms with E-state index in [1.165, 1.54) is 0 Å². The smallest absolute Gasteiger partial charge is 0.0590 e. The number of aromatic nitrogens is 1. The van der Waals surface area contributed by atoms with Crippen LogP contribution >= 0.6 is 15.9 Å². The topological polar surface area (TPSA) is 50.9 Å². The van der Waals surface area contributed by atoms with Crippen LogP contribution in [0.5, 0.6) is 0 Å². The summed E-state index contributed by atoms with van der Waals surface area (Å²) in [5.74, 6) is 0. The van der Waals surface area contributed by atoms with Gasteiger partial charge in [-0.2, -0.15) is 0 Å². The van der Waals surface area contributed by atoms with Crippen molar-refractivity contribution in [2.75, 3.05) is 11.9 Å². The molecule has 1 aliphatic rings. The lowest BCUT2D eigenvalue weighted by Crippen LogP contribution is -2.30. The molecule has 1 heterocycles. The maximum Gasteiger partial charge on any atom is 0.0590 e. The van der Waals surface area contributed by atoms with Crippen LogP contribution in [-0.2, 0) is 0 Å². The fourth-order valence-corrected chi connectivity index (χ4v) is 1.64. The van der Waals surface area contributed by atoms with E-state index in [2.05, 4.69) is 26.2 Å². The molecule has 2 rings (SSSR count). The molecule has 0 atom stereocenters. The van der Waals surface area contributed by atoms with Crippen molar-refractivity contribution in [3.05, 3.63) is 22.9 Å². The third-order valence-corrected chi connectivity index (χ3v) is 3.05. The van der Waals surface area contributed by atoms with Gasteiger partial charge in [0.15, 0.2) is 0 Å². The number of halogens is 1. The van der Waals surface area contributed by atoms with Crippen molar-refractivity contribution >= 4 is 21.6 Å². The molecule has 0 unspecified atom stereocenters. The highest BCUT2D eigenvalue weighted by atomic mass is 79.9. The van der Waals surface area contributed by atoms with Gasteiger partial charge in [-0.3, -0.25) is 4.98 Å². The van der Waals surface area contributed by atoms with E-state index < -0.39 is 0 Å². The van der Waals surface area contributed by atoms with Crippen LogP contribution in [-0.4, -0.2) is 17.1 Å². The van der Waals surface area contributed by atoms with Crippen LogP contribution in [0.2, 0.25) is 0 Å². The summed E-state index contributed by atoms with van der Waals surface area (Å²) in [7, 11) is 0. The first kappa shape index (κ1) is 8.97. The average molecular weight is 242 g/mol.